The third-order valence-electron chi connectivity index (χ3n) is 8.67. The third kappa shape index (κ3) is 7.50. The van der Waals surface area contributed by atoms with Gasteiger partial charge in [0.2, 0.25) is 18.6 Å². The maximum atomic E-state index is 13.6. The Morgan fingerprint density at radius 3 is 2.66 bits per heavy atom. The van der Waals surface area contributed by atoms with Crippen LogP contribution in [0.2, 0.25) is 0 Å². The minimum Gasteiger partial charge on any atom is -0.481 e. The van der Waals surface area contributed by atoms with E-state index >= 15 is 0 Å². The van der Waals surface area contributed by atoms with Crippen molar-refractivity contribution < 1.29 is 34.1 Å². The molecule has 3 heterocycles. The van der Waals surface area contributed by atoms with Crippen LogP contribution in [-0.2, 0) is 21.0 Å². The molecule has 11 heteroatoms. The minimum atomic E-state index is -0.936. The summed E-state index contributed by atoms with van der Waals surface area (Å²) in [6.45, 7) is 5.37. The molecular formula is C30H46N4O7. The number of nitrogens with two attached hydrogens (primary N) is 1. The smallest absolute Gasteiger partial charge is 0.308 e. The van der Waals surface area contributed by atoms with E-state index in [0.717, 1.165) is 44.1 Å². The van der Waals surface area contributed by atoms with Crippen LogP contribution < -0.4 is 15.2 Å². The Hall–Kier alpha value is -2.89. The molecule has 11 nitrogen and oxygen atoms in total. The standard InChI is InChI=1S/C30H46N4O7/c1-2-3-11-32(13-7-5-10-31)27(37)18-34-17-23(21-15-22(19-35)29-25(16-21)40-20-41-29)28(30(38)39)24(34)9-14-33-12-6-4-8-26(33)36/h15-16,23-24,28,35H,2-14,17-20,31H2,1H3,(H,38,39)/t23-,24+,28-/m1/s1. The molecule has 0 aromatic heterocycles. The van der Waals surface area contributed by atoms with Crippen molar-refractivity contribution in [1.29, 1.82) is 0 Å². The number of aliphatic carboxylic acids is 1. The van der Waals surface area contributed by atoms with Gasteiger partial charge in [-0.1, -0.05) is 13.3 Å². The maximum Gasteiger partial charge on any atom is 0.308 e. The van der Waals surface area contributed by atoms with E-state index in [-0.39, 0.29) is 31.8 Å². The molecule has 0 aliphatic carbocycles. The Labute approximate surface area is 242 Å². The van der Waals surface area contributed by atoms with Gasteiger partial charge >= 0.3 is 5.97 Å². The summed E-state index contributed by atoms with van der Waals surface area (Å²) >= 11 is 0. The van der Waals surface area contributed by atoms with Crippen LogP contribution in [-0.4, -0.2) is 101 Å². The fourth-order valence-corrected chi connectivity index (χ4v) is 6.45. The monoisotopic (exact) mass is 574 g/mol. The fraction of sp³-hybridized carbons (Fsp3) is 0.700. The number of rotatable bonds is 15. The minimum absolute atomic E-state index is 0.0129. The SMILES string of the molecule is CCCCN(CCCCN)C(=O)CN1C[C@H](c2cc(CO)c3c(c2)OCO3)[C@@H](C(=O)O)[C@@H]1CCN1CCCCC1=O. The van der Waals surface area contributed by atoms with E-state index in [1.807, 2.05) is 14.7 Å². The number of benzene rings is 1. The molecule has 41 heavy (non-hydrogen) atoms. The van der Waals surface area contributed by atoms with Crippen molar-refractivity contribution in [2.75, 3.05) is 52.6 Å². The summed E-state index contributed by atoms with van der Waals surface area (Å²) in [5, 5.41) is 20.5. The number of carbonyl (C=O) groups excluding carboxylic acids is 2. The zero-order chi connectivity index (χ0) is 29.4. The van der Waals surface area contributed by atoms with Crippen LogP contribution >= 0.6 is 0 Å². The number of hydrogen-bond acceptors (Lipinski definition) is 8. The van der Waals surface area contributed by atoms with Crippen molar-refractivity contribution in [1.82, 2.24) is 14.7 Å². The molecule has 2 amide bonds. The van der Waals surface area contributed by atoms with Crippen LogP contribution in [0.4, 0.5) is 0 Å². The highest BCUT2D eigenvalue weighted by molar-refractivity contribution is 5.79. The first-order chi connectivity index (χ1) is 19.9. The summed E-state index contributed by atoms with van der Waals surface area (Å²) in [5.74, 6) is -1.09. The summed E-state index contributed by atoms with van der Waals surface area (Å²) in [7, 11) is 0. The summed E-state index contributed by atoms with van der Waals surface area (Å²) in [6, 6.07) is 3.17. The molecular weight excluding hydrogens is 528 g/mol. The lowest BCUT2D eigenvalue weighted by Crippen LogP contribution is -2.46. The quantitative estimate of drug-likeness (QED) is 0.268. The number of piperidine rings is 1. The number of unbranched alkanes of at least 4 members (excludes halogenated alkanes) is 2. The Morgan fingerprint density at radius 1 is 1.15 bits per heavy atom. The van der Waals surface area contributed by atoms with Gasteiger partial charge in [0.05, 0.1) is 19.1 Å². The molecule has 2 saturated heterocycles. The van der Waals surface area contributed by atoms with Gasteiger partial charge in [-0.15, -0.1) is 0 Å². The van der Waals surface area contributed by atoms with Gasteiger partial charge in [-0.2, -0.15) is 0 Å². The van der Waals surface area contributed by atoms with Crippen molar-refractivity contribution in [2.45, 2.75) is 76.9 Å². The number of aliphatic hydroxyl groups excluding tert-OH is 1. The first-order valence-corrected chi connectivity index (χ1v) is 15.1. The number of carbonyl (C=O) groups is 3. The number of aliphatic hydroxyl groups is 1. The van der Waals surface area contributed by atoms with Gasteiger partial charge in [0.1, 0.15) is 0 Å². The molecule has 4 N–H and O–H groups in total. The van der Waals surface area contributed by atoms with Gasteiger partial charge < -0.3 is 35.2 Å². The number of amides is 2. The predicted molar refractivity (Wildman–Crippen MR) is 153 cm³/mol. The number of fused-ring (bicyclic) bond motifs is 1. The molecule has 0 saturated carbocycles. The number of carboxylic acid groups (broad SMARTS) is 1. The molecule has 0 unspecified atom stereocenters. The zero-order valence-electron chi connectivity index (χ0n) is 24.3. The molecule has 1 aromatic carbocycles. The molecule has 3 atom stereocenters. The van der Waals surface area contributed by atoms with Crippen LogP contribution in [0.25, 0.3) is 0 Å². The maximum absolute atomic E-state index is 13.6. The average molecular weight is 575 g/mol. The van der Waals surface area contributed by atoms with Crippen molar-refractivity contribution in [3.63, 3.8) is 0 Å². The van der Waals surface area contributed by atoms with Gasteiger partial charge in [-0.25, -0.2) is 0 Å². The summed E-state index contributed by atoms with van der Waals surface area (Å²) < 4.78 is 11.1. The van der Waals surface area contributed by atoms with Crippen LogP contribution in [0.3, 0.4) is 0 Å². The number of hydrogen-bond donors (Lipinski definition) is 3. The van der Waals surface area contributed by atoms with Crippen molar-refractivity contribution in [3.8, 4) is 11.5 Å². The second-order valence-corrected chi connectivity index (χ2v) is 11.4. The second kappa shape index (κ2) is 14.8. The molecule has 4 rings (SSSR count). The molecule has 0 radical (unpaired) electrons. The molecule has 3 aliphatic rings. The Kier molecular flexibility index (Phi) is 11.2. The number of nitrogens with zero attached hydrogens (tertiary/aromatic N) is 3. The molecule has 2 fully saturated rings. The molecule has 228 valence electrons. The normalized spacial score (nSPS) is 22.4. The predicted octanol–water partition coefficient (Wildman–Crippen LogP) is 2.15. The highest BCUT2D eigenvalue weighted by Crippen LogP contribution is 2.44. The van der Waals surface area contributed by atoms with Crippen molar-refractivity contribution in [3.05, 3.63) is 23.3 Å². The Morgan fingerprint density at radius 2 is 1.95 bits per heavy atom. The molecule has 1 aromatic rings. The van der Waals surface area contributed by atoms with Crippen LogP contribution in [0.15, 0.2) is 12.1 Å². The average Bonchev–Trinajstić information content (AvgIpc) is 3.58. The topological polar surface area (TPSA) is 146 Å². The Bertz CT molecular complexity index is 1070. The highest BCUT2D eigenvalue weighted by Gasteiger charge is 2.47. The van der Waals surface area contributed by atoms with Crippen molar-refractivity contribution >= 4 is 17.8 Å². The summed E-state index contributed by atoms with van der Waals surface area (Å²) in [6.07, 6.45) is 6.35. The number of carboxylic acids is 1. The van der Waals surface area contributed by atoms with Crippen LogP contribution in [0.5, 0.6) is 11.5 Å². The van der Waals surface area contributed by atoms with Gasteiger partial charge in [-0.3, -0.25) is 19.3 Å². The first-order valence-electron chi connectivity index (χ1n) is 15.1. The molecule has 3 aliphatic heterocycles. The van der Waals surface area contributed by atoms with Crippen LogP contribution in [0.1, 0.15) is 75.3 Å². The third-order valence-corrected chi connectivity index (χ3v) is 8.67. The lowest BCUT2D eigenvalue weighted by molar-refractivity contribution is -0.144. The fourth-order valence-electron chi connectivity index (χ4n) is 6.45. The molecule has 0 bridgehead atoms. The van der Waals surface area contributed by atoms with Gasteiger partial charge in [-0.05, 0) is 62.8 Å². The van der Waals surface area contributed by atoms with Gasteiger partial charge in [0.25, 0.3) is 0 Å². The number of ether oxygens (including phenoxy) is 2. The first kappa shape index (κ1) is 31.1. The Balaban J connectivity index is 1.61. The lowest BCUT2D eigenvalue weighted by atomic mass is 9.83. The second-order valence-electron chi connectivity index (χ2n) is 11.4. The highest BCUT2D eigenvalue weighted by atomic mass is 16.7. The number of likely N-dealkylation sites (tertiary alicyclic amines) is 2. The van der Waals surface area contributed by atoms with Crippen LogP contribution in [0, 0.1) is 5.92 Å². The van der Waals surface area contributed by atoms with E-state index in [4.69, 9.17) is 15.2 Å². The molecule has 0 spiro atoms. The van der Waals surface area contributed by atoms with E-state index < -0.39 is 23.8 Å². The van der Waals surface area contributed by atoms with E-state index in [0.29, 0.717) is 69.2 Å². The largest absolute Gasteiger partial charge is 0.481 e. The van der Waals surface area contributed by atoms with E-state index in [2.05, 4.69) is 6.92 Å². The van der Waals surface area contributed by atoms with E-state index in [1.165, 1.54) is 0 Å². The van der Waals surface area contributed by atoms with E-state index in [1.54, 1.807) is 12.1 Å². The van der Waals surface area contributed by atoms with E-state index in [9.17, 15) is 24.6 Å². The van der Waals surface area contributed by atoms with Gasteiger partial charge in [0.15, 0.2) is 11.5 Å². The van der Waals surface area contributed by atoms with Crippen molar-refractivity contribution in [2.24, 2.45) is 11.7 Å². The van der Waals surface area contributed by atoms with Gasteiger partial charge in [0, 0.05) is 56.7 Å². The summed E-state index contributed by atoms with van der Waals surface area (Å²) in [5.41, 5.74) is 6.98. The lowest BCUT2D eigenvalue weighted by Gasteiger charge is -2.32. The summed E-state index contributed by atoms with van der Waals surface area (Å²) in [4.78, 5) is 44.8. The zero-order valence-corrected chi connectivity index (χ0v) is 24.3.